The van der Waals surface area contributed by atoms with Crippen molar-refractivity contribution in [1.29, 1.82) is 0 Å². The van der Waals surface area contributed by atoms with Gasteiger partial charge in [0.2, 0.25) is 5.96 Å². The normalized spacial score (nSPS) is 19.4. The summed E-state index contributed by atoms with van der Waals surface area (Å²) in [4.78, 5) is 6.89. The minimum absolute atomic E-state index is 0.711. The van der Waals surface area contributed by atoms with E-state index in [1.165, 1.54) is 32.4 Å². The van der Waals surface area contributed by atoms with E-state index in [0.717, 1.165) is 25.5 Å². The van der Waals surface area contributed by atoms with Crippen molar-refractivity contribution in [2.75, 3.05) is 33.2 Å². The van der Waals surface area contributed by atoms with Gasteiger partial charge in [-0.25, -0.2) is 5.84 Å². The van der Waals surface area contributed by atoms with Crippen molar-refractivity contribution >= 4 is 5.96 Å². The maximum atomic E-state index is 5.44. The van der Waals surface area contributed by atoms with Gasteiger partial charge in [-0.1, -0.05) is 13.3 Å². The minimum Gasteiger partial charge on any atom is -0.355 e. The Morgan fingerprint density at radius 3 is 2.71 bits per heavy atom. The van der Waals surface area contributed by atoms with Gasteiger partial charge in [-0.05, 0) is 45.3 Å². The summed E-state index contributed by atoms with van der Waals surface area (Å²) in [6, 6.07) is 0. The summed E-state index contributed by atoms with van der Waals surface area (Å²) < 4.78 is 0. The first kappa shape index (κ1) is 14.3. The lowest BCUT2D eigenvalue weighted by Gasteiger charge is -2.27. The van der Waals surface area contributed by atoms with E-state index in [-0.39, 0.29) is 0 Å². The van der Waals surface area contributed by atoms with Crippen LogP contribution in [-0.4, -0.2) is 44.1 Å². The number of hydrogen-bond donors (Lipinski definition) is 3. The quantitative estimate of drug-likeness (QED) is 0.216. The molecule has 5 nitrogen and oxygen atoms in total. The van der Waals surface area contributed by atoms with Gasteiger partial charge in [0.1, 0.15) is 0 Å². The predicted octanol–water partition coefficient (Wildman–Crippen LogP) is 0.537. The lowest BCUT2D eigenvalue weighted by Crippen LogP contribution is -2.42. The van der Waals surface area contributed by atoms with Crippen LogP contribution in [0.25, 0.3) is 0 Å². The molecule has 1 aliphatic rings. The highest BCUT2D eigenvalue weighted by molar-refractivity contribution is 5.79. The van der Waals surface area contributed by atoms with Gasteiger partial charge in [-0.3, -0.25) is 10.4 Å². The molecule has 0 bridgehead atoms. The third-order valence-corrected chi connectivity index (χ3v) is 3.31. The Hall–Kier alpha value is -0.810. The molecule has 1 aliphatic heterocycles. The van der Waals surface area contributed by atoms with E-state index in [4.69, 9.17) is 5.84 Å². The number of guanidine groups is 1. The first-order valence-electron chi connectivity index (χ1n) is 6.69. The number of unbranched alkanes of at least 4 members (excludes halogenated alkanes) is 1. The number of nitrogens with zero attached hydrogens (tertiary/aromatic N) is 2. The van der Waals surface area contributed by atoms with Crippen LogP contribution in [0.4, 0.5) is 0 Å². The minimum atomic E-state index is 0.711. The number of hydrazine groups is 1. The molecule has 0 aliphatic carbocycles. The van der Waals surface area contributed by atoms with Gasteiger partial charge in [0.15, 0.2) is 0 Å². The van der Waals surface area contributed by atoms with Gasteiger partial charge in [0, 0.05) is 13.1 Å². The highest BCUT2D eigenvalue weighted by Gasteiger charge is 2.16. The molecule has 5 heteroatoms. The average molecular weight is 241 g/mol. The summed E-state index contributed by atoms with van der Waals surface area (Å²) in [5, 5.41) is 3.22. The second kappa shape index (κ2) is 8.31. The first-order chi connectivity index (χ1) is 8.26. The maximum absolute atomic E-state index is 5.44. The third-order valence-electron chi connectivity index (χ3n) is 3.31. The van der Waals surface area contributed by atoms with Crippen LogP contribution in [0.15, 0.2) is 4.99 Å². The van der Waals surface area contributed by atoms with E-state index in [2.05, 4.69) is 34.6 Å². The second-order valence-corrected chi connectivity index (χ2v) is 4.86. The Morgan fingerprint density at radius 1 is 1.41 bits per heavy atom. The zero-order chi connectivity index (χ0) is 12.5. The fraction of sp³-hybridized carbons (Fsp3) is 0.917. The number of likely N-dealkylation sites (tertiary alicyclic amines) is 1. The number of piperidine rings is 1. The van der Waals surface area contributed by atoms with Crippen molar-refractivity contribution in [2.45, 2.75) is 32.6 Å². The molecule has 1 heterocycles. The van der Waals surface area contributed by atoms with Gasteiger partial charge in [0.25, 0.3) is 0 Å². The van der Waals surface area contributed by atoms with Crippen LogP contribution < -0.4 is 16.6 Å². The lowest BCUT2D eigenvalue weighted by molar-refractivity contribution is 0.223. The van der Waals surface area contributed by atoms with Crippen LogP contribution in [0.3, 0.4) is 0 Å². The summed E-state index contributed by atoms with van der Waals surface area (Å²) in [6.07, 6.45) is 4.81. The molecule has 4 N–H and O–H groups in total. The molecule has 0 radical (unpaired) electrons. The van der Waals surface area contributed by atoms with Gasteiger partial charge in [-0.2, -0.15) is 0 Å². The Labute approximate surface area is 105 Å². The summed E-state index contributed by atoms with van der Waals surface area (Å²) in [5.74, 6) is 6.89. The summed E-state index contributed by atoms with van der Waals surface area (Å²) in [6.45, 7) is 6.37. The number of nitrogens with one attached hydrogen (secondary N) is 2. The number of hydrogen-bond acceptors (Lipinski definition) is 3. The second-order valence-electron chi connectivity index (χ2n) is 4.86. The number of nitrogens with two attached hydrogens (primary N) is 1. The molecular weight excluding hydrogens is 214 g/mol. The molecule has 0 aromatic rings. The van der Waals surface area contributed by atoms with Gasteiger partial charge in [0.05, 0.1) is 0 Å². The molecule has 0 aromatic carbocycles. The zero-order valence-electron chi connectivity index (χ0n) is 11.2. The van der Waals surface area contributed by atoms with E-state index >= 15 is 0 Å². The molecule has 1 fully saturated rings. The topological polar surface area (TPSA) is 65.7 Å². The molecule has 17 heavy (non-hydrogen) atoms. The Balaban J connectivity index is 2.23. The summed E-state index contributed by atoms with van der Waals surface area (Å²) >= 11 is 0. The van der Waals surface area contributed by atoms with Crippen molar-refractivity contribution in [3.8, 4) is 0 Å². The van der Waals surface area contributed by atoms with Crippen molar-refractivity contribution < 1.29 is 0 Å². The van der Waals surface area contributed by atoms with Gasteiger partial charge in [-0.15, -0.1) is 0 Å². The molecule has 0 saturated carbocycles. The lowest BCUT2D eigenvalue weighted by atomic mass is 9.97. The summed E-state index contributed by atoms with van der Waals surface area (Å²) in [7, 11) is 2.18. The fourth-order valence-corrected chi connectivity index (χ4v) is 2.00. The average Bonchev–Trinajstić information content (AvgIpc) is 2.35. The van der Waals surface area contributed by atoms with Crippen LogP contribution in [0.1, 0.15) is 32.6 Å². The Bertz CT molecular complexity index is 221. The van der Waals surface area contributed by atoms with Crippen LogP contribution in [0, 0.1) is 5.92 Å². The van der Waals surface area contributed by atoms with E-state index in [0.29, 0.717) is 5.92 Å². The molecule has 100 valence electrons. The zero-order valence-corrected chi connectivity index (χ0v) is 11.2. The van der Waals surface area contributed by atoms with Crippen LogP contribution >= 0.6 is 0 Å². The van der Waals surface area contributed by atoms with Crippen molar-refractivity contribution in [3.05, 3.63) is 0 Å². The maximum Gasteiger partial charge on any atom is 0.205 e. The van der Waals surface area contributed by atoms with Crippen LogP contribution in [-0.2, 0) is 0 Å². The Kier molecular flexibility index (Phi) is 6.96. The van der Waals surface area contributed by atoms with Crippen LogP contribution in [0.2, 0.25) is 0 Å². The standard InChI is InChI=1S/C12H27N5/c1-3-4-7-14-12(16-13)15-10-11-5-8-17(2)9-6-11/h11H,3-10,13H2,1-2H3,(H2,14,15,16). The molecule has 0 spiro atoms. The van der Waals surface area contributed by atoms with Crippen molar-refractivity contribution in [3.63, 3.8) is 0 Å². The molecule has 0 atom stereocenters. The molecule has 0 aromatic heterocycles. The van der Waals surface area contributed by atoms with Gasteiger partial charge >= 0.3 is 0 Å². The third kappa shape index (κ3) is 5.89. The van der Waals surface area contributed by atoms with E-state index in [1.54, 1.807) is 0 Å². The van der Waals surface area contributed by atoms with E-state index < -0.39 is 0 Å². The van der Waals surface area contributed by atoms with E-state index in [9.17, 15) is 0 Å². The molecular formula is C12H27N5. The van der Waals surface area contributed by atoms with Crippen molar-refractivity contribution in [1.82, 2.24) is 15.6 Å². The number of aliphatic imine (C=N–C) groups is 1. The molecule has 1 saturated heterocycles. The molecule has 1 rings (SSSR count). The first-order valence-corrected chi connectivity index (χ1v) is 6.69. The van der Waals surface area contributed by atoms with Crippen LogP contribution in [0.5, 0.6) is 0 Å². The van der Waals surface area contributed by atoms with Crippen molar-refractivity contribution in [2.24, 2.45) is 16.8 Å². The largest absolute Gasteiger partial charge is 0.355 e. The molecule has 0 unspecified atom stereocenters. The monoisotopic (exact) mass is 241 g/mol. The fourth-order valence-electron chi connectivity index (χ4n) is 2.00. The highest BCUT2D eigenvalue weighted by atomic mass is 15.3. The summed E-state index contributed by atoms with van der Waals surface area (Å²) in [5.41, 5.74) is 2.64. The predicted molar refractivity (Wildman–Crippen MR) is 72.8 cm³/mol. The van der Waals surface area contributed by atoms with Gasteiger partial charge < -0.3 is 10.2 Å². The smallest absolute Gasteiger partial charge is 0.205 e. The Morgan fingerprint density at radius 2 is 2.12 bits per heavy atom. The van der Waals surface area contributed by atoms with E-state index in [1.807, 2.05) is 0 Å². The number of rotatable bonds is 5. The molecule has 0 amide bonds. The highest BCUT2D eigenvalue weighted by Crippen LogP contribution is 2.15. The SMILES string of the molecule is CCCCNC(=NCC1CCN(C)CC1)NN.